The van der Waals surface area contributed by atoms with Gasteiger partial charge in [0.2, 0.25) is 10.0 Å². The molecular weight excluding hydrogens is 309 g/mol. The van der Waals surface area contributed by atoms with Crippen LogP contribution in [0.2, 0.25) is 10.0 Å². The van der Waals surface area contributed by atoms with Crippen molar-refractivity contribution >= 4 is 44.7 Å². The number of sulfonamides is 1. The highest BCUT2D eigenvalue weighted by molar-refractivity contribution is 7.92. The van der Waals surface area contributed by atoms with E-state index < -0.39 is 15.4 Å². The van der Waals surface area contributed by atoms with Gasteiger partial charge in [-0.3, -0.25) is 9.52 Å². The van der Waals surface area contributed by atoms with Crippen molar-refractivity contribution in [3.8, 4) is 0 Å². The second-order valence-electron chi connectivity index (χ2n) is 5.27. The summed E-state index contributed by atoms with van der Waals surface area (Å²) in [4.78, 5) is 12.1. The summed E-state index contributed by atoms with van der Waals surface area (Å²) in [5.74, 6) is -0.123. The van der Waals surface area contributed by atoms with Crippen LogP contribution >= 0.6 is 23.2 Å². The van der Waals surface area contributed by atoms with E-state index in [4.69, 9.17) is 23.2 Å². The third-order valence-electron chi connectivity index (χ3n) is 2.27. The lowest BCUT2D eigenvalue weighted by molar-refractivity contribution is 0.0858. The predicted molar refractivity (Wildman–Crippen MR) is 78.7 cm³/mol. The van der Waals surface area contributed by atoms with Crippen molar-refractivity contribution < 1.29 is 13.2 Å². The van der Waals surface area contributed by atoms with Crippen LogP contribution in [0.15, 0.2) is 12.1 Å². The fraction of sp³-hybridized carbons (Fsp3) is 0.417. The quantitative estimate of drug-likeness (QED) is 0.864. The maximum Gasteiger partial charge on any atom is 0.229 e. The largest absolute Gasteiger partial charge is 0.294 e. The van der Waals surface area contributed by atoms with Gasteiger partial charge in [-0.15, -0.1) is 0 Å². The van der Waals surface area contributed by atoms with Crippen molar-refractivity contribution in [2.24, 2.45) is 5.41 Å². The van der Waals surface area contributed by atoms with Crippen LogP contribution in [0.25, 0.3) is 0 Å². The Morgan fingerprint density at radius 2 is 1.58 bits per heavy atom. The molecule has 0 aliphatic heterocycles. The van der Waals surface area contributed by atoms with Gasteiger partial charge >= 0.3 is 0 Å². The van der Waals surface area contributed by atoms with Crippen LogP contribution in [0.4, 0.5) is 5.69 Å². The highest BCUT2D eigenvalue weighted by atomic mass is 35.5. The van der Waals surface area contributed by atoms with E-state index in [0.29, 0.717) is 5.56 Å². The first-order valence-corrected chi connectivity index (χ1v) is 8.08. The van der Waals surface area contributed by atoms with Gasteiger partial charge in [-0.05, 0) is 12.1 Å². The molecule has 0 amide bonds. The predicted octanol–water partition coefficient (Wildman–Crippen LogP) is 3.59. The van der Waals surface area contributed by atoms with Gasteiger partial charge in [0.15, 0.2) is 5.78 Å². The van der Waals surface area contributed by atoms with E-state index in [9.17, 15) is 13.2 Å². The maximum absolute atomic E-state index is 12.1. The second-order valence-corrected chi connectivity index (χ2v) is 7.83. The summed E-state index contributed by atoms with van der Waals surface area (Å²) in [5.41, 5.74) is -0.142. The molecular formula is C12H15Cl2NO3S. The Bertz CT molecular complexity index is 595. The lowest BCUT2D eigenvalue weighted by atomic mass is 9.86. The smallest absolute Gasteiger partial charge is 0.229 e. The van der Waals surface area contributed by atoms with Crippen molar-refractivity contribution in [2.45, 2.75) is 20.8 Å². The minimum absolute atomic E-state index is 0.0799. The monoisotopic (exact) mass is 323 g/mol. The van der Waals surface area contributed by atoms with Crippen LogP contribution in [-0.2, 0) is 10.0 Å². The van der Waals surface area contributed by atoms with Gasteiger partial charge in [0.05, 0.1) is 22.0 Å². The number of hydrogen-bond acceptors (Lipinski definition) is 3. The minimum Gasteiger partial charge on any atom is -0.294 e. The number of benzene rings is 1. The number of anilines is 1. The molecule has 0 unspecified atom stereocenters. The van der Waals surface area contributed by atoms with Gasteiger partial charge in [0.1, 0.15) is 0 Å². The lowest BCUT2D eigenvalue weighted by Crippen LogP contribution is -2.20. The van der Waals surface area contributed by atoms with E-state index in [1.807, 2.05) is 0 Å². The molecule has 1 aromatic carbocycles. The number of nitrogens with one attached hydrogen (secondary N) is 1. The van der Waals surface area contributed by atoms with Crippen LogP contribution in [0.5, 0.6) is 0 Å². The summed E-state index contributed by atoms with van der Waals surface area (Å²) in [6.07, 6.45) is 0.994. The molecule has 1 aromatic rings. The Labute approximate surface area is 123 Å². The van der Waals surface area contributed by atoms with Gasteiger partial charge in [0, 0.05) is 11.0 Å². The Kier molecular flexibility index (Phi) is 4.55. The number of carbonyl (C=O) groups excluding carboxylic acids is 1. The van der Waals surface area contributed by atoms with Gasteiger partial charge < -0.3 is 0 Å². The van der Waals surface area contributed by atoms with Gasteiger partial charge in [-0.2, -0.15) is 0 Å². The highest BCUT2D eigenvalue weighted by Gasteiger charge is 2.24. The zero-order valence-electron chi connectivity index (χ0n) is 11.0. The molecule has 4 nitrogen and oxygen atoms in total. The van der Waals surface area contributed by atoms with Crippen molar-refractivity contribution in [1.82, 2.24) is 0 Å². The number of Topliss-reactive ketones (excluding diaryl/α,β-unsaturated/α-hetero) is 1. The Balaban J connectivity index is 3.29. The molecule has 0 heterocycles. The van der Waals surface area contributed by atoms with E-state index in [1.165, 1.54) is 12.1 Å². The first kappa shape index (κ1) is 16.3. The Morgan fingerprint density at radius 1 is 1.16 bits per heavy atom. The van der Waals surface area contributed by atoms with E-state index in [0.717, 1.165) is 6.26 Å². The average Bonchev–Trinajstić information content (AvgIpc) is 2.19. The number of ketones is 1. The molecule has 0 aromatic heterocycles. The fourth-order valence-electron chi connectivity index (χ4n) is 1.42. The third-order valence-corrected chi connectivity index (χ3v) is 3.44. The molecule has 106 valence electrons. The van der Waals surface area contributed by atoms with Gasteiger partial charge in [0.25, 0.3) is 0 Å². The molecule has 0 spiro atoms. The molecule has 0 fully saturated rings. The van der Waals surface area contributed by atoms with Crippen LogP contribution in [-0.4, -0.2) is 20.5 Å². The van der Waals surface area contributed by atoms with E-state index in [1.54, 1.807) is 20.8 Å². The number of rotatable bonds is 3. The molecule has 1 N–H and O–H groups in total. The van der Waals surface area contributed by atoms with E-state index in [-0.39, 0.29) is 21.5 Å². The first-order chi connectivity index (χ1) is 8.42. The molecule has 1 rings (SSSR count). The standard InChI is InChI=1S/C12H15Cl2NO3S/c1-12(2,3)11(16)7-5-8(13)10(9(14)6-7)15-19(4,17)18/h5-6,15H,1-4H3. The summed E-state index contributed by atoms with van der Waals surface area (Å²) in [7, 11) is -3.49. The average molecular weight is 324 g/mol. The number of carbonyl (C=O) groups is 1. The van der Waals surface area contributed by atoms with Crippen molar-refractivity contribution in [2.75, 3.05) is 11.0 Å². The van der Waals surface area contributed by atoms with Crippen molar-refractivity contribution in [3.63, 3.8) is 0 Å². The summed E-state index contributed by atoms with van der Waals surface area (Å²) >= 11 is 11.9. The molecule has 0 saturated carbocycles. The molecule has 0 saturated heterocycles. The normalized spacial score (nSPS) is 12.3. The highest BCUT2D eigenvalue weighted by Crippen LogP contribution is 2.34. The fourth-order valence-corrected chi connectivity index (χ4v) is 2.70. The number of halogens is 2. The van der Waals surface area contributed by atoms with Gasteiger partial charge in [-0.1, -0.05) is 44.0 Å². The summed E-state index contributed by atoms with van der Waals surface area (Å²) in [5, 5.41) is 0.177. The molecule has 0 aliphatic carbocycles. The molecule has 0 bridgehead atoms. The van der Waals surface area contributed by atoms with Crippen molar-refractivity contribution in [1.29, 1.82) is 0 Å². The first-order valence-electron chi connectivity index (χ1n) is 5.43. The van der Waals surface area contributed by atoms with E-state index >= 15 is 0 Å². The van der Waals surface area contributed by atoms with E-state index in [2.05, 4.69) is 4.72 Å². The van der Waals surface area contributed by atoms with Crippen molar-refractivity contribution in [3.05, 3.63) is 27.7 Å². The Morgan fingerprint density at radius 3 is 1.89 bits per heavy atom. The maximum atomic E-state index is 12.1. The SMILES string of the molecule is CC(C)(C)C(=O)c1cc(Cl)c(NS(C)(=O)=O)c(Cl)c1. The third kappa shape index (κ3) is 4.37. The molecule has 19 heavy (non-hydrogen) atoms. The zero-order valence-corrected chi connectivity index (χ0v) is 13.4. The molecule has 7 heteroatoms. The molecule has 0 aliphatic rings. The van der Waals surface area contributed by atoms with Crippen LogP contribution < -0.4 is 4.72 Å². The summed E-state index contributed by atoms with van der Waals surface area (Å²) < 4.78 is 24.6. The number of hydrogen-bond donors (Lipinski definition) is 1. The lowest BCUT2D eigenvalue weighted by Gasteiger charge is -2.18. The molecule has 0 radical (unpaired) electrons. The summed E-state index contributed by atoms with van der Waals surface area (Å²) in [6, 6.07) is 2.82. The Hall–Kier alpha value is -0.780. The van der Waals surface area contributed by atoms with Crippen LogP contribution in [0.1, 0.15) is 31.1 Å². The second kappa shape index (κ2) is 5.31. The molecule has 0 atom stereocenters. The summed E-state index contributed by atoms with van der Waals surface area (Å²) in [6.45, 7) is 5.33. The minimum atomic E-state index is -3.49. The van der Waals surface area contributed by atoms with Gasteiger partial charge in [-0.25, -0.2) is 8.42 Å². The zero-order chi connectivity index (χ0) is 15.0. The van der Waals surface area contributed by atoms with Crippen LogP contribution in [0.3, 0.4) is 0 Å². The topological polar surface area (TPSA) is 63.2 Å². The van der Waals surface area contributed by atoms with Crippen LogP contribution in [0, 0.1) is 5.41 Å².